The van der Waals surface area contributed by atoms with Gasteiger partial charge in [0.25, 0.3) is 10.0 Å². The zero-order valence-electron chi connectivity index (χ0n) is 11.7. The molecule has 2 rings (SSSR count). The Morgan fingerprint density at radius 1 is 1.20 bits per heavy atom. The molecule has 6 nitrogen and oxygen atoms in total. The summed E-state index contributed by atoms with van der Waals surface area (Å²) in [6, 6.07) is 7.15. The van der Waals surface area contributed by atoms with Gasteiger partial charge in [0.15, 0.2) is 0 Å². The second kappa shape index (κ2) is 5.64. The monoisotopic (exact) mass is 294 g/mol. The van der Waals surface area contributed by atoms with Gasteiger partial charge >= 0.3 is 0 Å². The van der Waals surface area contributed by atoms with E-state index in [0.717, 1.165) is 11.3 Å². The van der Waals surface area contributed by atoms with Crippen molar-refractivity contribution in [3.05, 3.63) is 41.1 Å². The number of H-pyrrole nitrogens is 1. The maximum Gasteiger partial charge on any atom is 0.281 e. The molecule has 0 unspecified atom stereocenters. The predicted molar refractivity (Wildman–Crippen MR) is 78.1 cm³/mol. The molecule has 0 amide bonds. The van der Waals surface area contributed by atoms with E-state index in [9.17, 15) is 8.42 Å². The standard InChI is InChI=1S/C13H18N4O2S/c1-9-4-6-11(7-5-9)17-20(18,19)13-12(8-14-3)10(2)15-16-13/h4-7,14,17H,8H2,1-3H3,(H,15,16). The van der Waals surface area contributed by atoms with Gasteiger partial charge in [-0.3, -0.25) is 9.82 Å². The third kappa shape index (κ3) is 3.00. The van der Waals surface area contributed by atoms with E-state index in [1.54, 1.807) is 26.1 Å². The molecule has 0 atom stereocenters. The quantitative estimate of drug-likeness (QED) is 0.781. The first-order valence-corrected chi connectivity index (χ1v) is 7.70. The van der Waals surface area contributed by atoms with E-state index in [4.69, 9.17) is 0 Å². The molecule has 2 aromatic rings. The van der Waals surface area contributed by atoms with Crippen LogP contribution in [0.3, 0.4) is 0 Å². The summed E-state index contributed by atoms with van der Waals surface area (Å²) in [6.07, 6.45) is 0. The summed E-state index contributed by atoms with van der Waals surface area (Å²) in [6.45, 7) is 4.18. The van der Waals surface area contributed by atoms with Crippen molar-refractivity contribution in [2.24, 2.45) is 0 Å². The van der Waals surface area contributed by atoms with Crippen LogP contribution in [0, 0.1) is 13.8 Å². The molecule has 0 aliphatic carbocycles. The Labute approximate surface area is 118 Å². The van der Waals surface area contributed by atoms with Crippen LogP contribution >= 0.6 is 0 Å². The van der Waals surface area contributed by atoms with Crippen LogP contribution in [0.5, 0.6) is 0 Å². The van der Waals surface area contributed by atoms with Gasteiger partial charge in [-0.2, -0.15) is 13.5 Å². The van der Waals surface area contributed by atoms with Crippen LogP contribution in [0.15, 0.2) is 29.3 Å². The van der Waals surface area contributed by atoms with Crippen molar-refractivity contribution in [1.29, 1.82) is 0 Å². The van der Waals surface area contributed by atoms with Crippen molar-refractivity contribution in [2.45, 2.75) is 25.4 Å². The third-order valence-electron chi connectivity index (χ3n) is 2.95. The SMILES string of the molecule is CNCc1c(S(=O)(=O)Nc2ccc(C)cc2)n[nH]c1C. The lowest BCUT2D eigenvalue weighted by Crippen LogP contribution is -2.17. The second-order valence-electron chi connectivity index (χ2n) is 4.63. The van der Waals surface area contributed by atoms with Gasteiger partial charge in [0.05, 0.1) is 0 Å². The van der Waals surface area contributed by atoms with Gasteiger partial charge in [-0.25, -0.2) is 0 Å². The minimum absolute atomic E-state index is 0.0323. The Hall–Kier alpha value is -1.86. The number of aryl methyl sites for hydroxylation is 2. The topological polar surface area (TPSA) is 86.9 Å². The summed E-state index contributed by atoms with van der Waals surface area (Å²) in [7, 11) is -1.93. The van der Waals surface area contributed by atoms with Crippen LogP contribution < -0.4 is 10.0 Å². The van der Waals surface area contributed by atoms with Gasteiger partial charge in [-0.1, -0.05) is 17.7 Å². The summed E-state index contributed by atoms with van der Waals surface area (Å²) in [4.78, 5) is 0. The first-order valence-electron chi connectivity index (χ1n) is 6.22. The molecule has 3 N–H and O–H groups in total. The summed E-state index contributed by atoms with van der Waals surface area (Å²) in [5.41, 5.74) is 2.97. The molecule has 0 radical (unpaired) electrons. The number of benzene rings is 1. The van der Waals surface area contributed by atoms with Gasteiger partial charge in [0.1, 0.15) is 0 Å². The Balaban J connectivity index is 2.33. The van der Waals surface area contributed by atoms with E-state index in [1.165, 1.54) is 0 Å². The molecule has 0 saturated heterocycles. The molecular formula is C13H18N4O2S. The fourth-order valence-corrected chi connectivity index (χ4v) is 3.12. The fourth-order valence-electron chi connectivity index (χ4n) is 1.86. The van der Waals surface area contributed by atoms with E-state index in [2.05, 4.69) is 20.2 Å². The van der Waals surface area contributed by atoms with E-state index in [-0.39, 0.29) is 5.03 Å². The Kier molecular flexibility index (Phi) is 4.10. The number of aromatic amines is 1. The number of aromatic nitrogens is 2. The molecular weight excluding hydrogens is 276 g/mol. The molecule has 0 fully saturated rings. The lowest BCUT2D eigenvalue weighted by atomic mass is 10.2. The molecule has 1 aromatic carbocycles. The maximum absolute atomic E-state index is 12.4. The lowest BCUT2D eigenvalue weighted by Gasteiger charge is -2.08. The first-order chi connectivity index (χ1) is 9.44. The summed E-state index contributed by atoms with van der Waals surface area (Å²) in [5, 5.41) is 9.59. The Morgan fingerprint density at radius 2 is 1.85 bits per heavy atom. The van der Waals surface area contributed by atoms with Gasteiger partial charge in [-0.15, -0.1) is 0 Å². The van der Waals surface area contributed by atoms with Crippen molar-refractivity contribution >= 4 is 15.7 Å². The minimum atomic E-state index is -3.69. The van der Waals surface area contributed by atoms with Crippen LogP contribution in [-0.2, 0) is 16.6 Å². The smallest absolute Gasteiger partial charge is 0.281 e. The highest BCUT2D eigenvalue weighted by Crippen LogP contribution is 2.20. The summed E-state index contributed by atoms with van der Waals surface area (Å²) in [5.74, 6) is 0. The van der Waals surface area contributed by atoms with Crippen LogP contribution in [0.4, 0.5) is 5.69 Å². The molecule has 1 heterocycles. The zero-order valence-corrected chi connectivity index (χ0v) is 12.5. The molecule has 20 heavy (non-hydrogen) atoms. The molecule has 0 spiro atoms. The third-order valence-corrected chi connectivity index (χ3v) is 4.30. The van der Waals surface area contributed by atoms with E-state index >= 15 is 0 Å². The Bertz CT molecular complexity index is 690. The van der Waals surface area contributed by atoms with Crippen molar-refractivity contribution < 1.29 is 8.42 Å². The number of nitrogens with zero attached hydrogens (tertiary/aromatic N) is 1. The molecule has 0 bridgehead atoms. The average molecular weight is 294 g/mol. The number of anilines is 1. The molecule has 1 aromatic heterocycles. The van der Waals surface area contributed by atoms with Crippen LogP contribution in [0.2, 0.25) is 0 Å². The largest absolute Gasteiger partial charge is 0.316 e. The highest BCUT2D eigenvalue weighted by molar-refractivity contribution is 7.92. The van der Waals surface area contributed by atoms with Crippen molar-refractivity contribution in [2.75, 3.05) is 11.8 Å². The predicted octanol–water partition coefficient (Wildman–Crippen LogP) is 1.55. The van der Waals surface area contributed by atoms with E-state index < -0.39 is 10.0 Å². The number of nitrogens with one attached hydrogen (secondary N) is 3. The van der Waals surface area contributed by atoms with Crippen LogP contribution in [-0.4, -0.2) is 25.7 Å². The minimum Gasteiger partial charge on any atom is -0.316 e. The maximum atomic E-state index is 12.4. The number of hydrogen-bond donors (Lipinski definition) is 3. The van der Waals surface area contributed by atoms with Crippen molar-refractivity contribution in [1.82, 2.24) is 15.5 Å². The highest BCUT2D eigenvalue weighted by atomic mass is 32.2. The van der Waals surface area contributed by atoms with Gasteiger partial charge in [0, 0.05) is 23.5 Å². The van der Waals surface area contributed by atoms with Gasteiger partial charge in [0.2, 0.25) is 5.03 Å². The van der Waals surface area contributed by atoms with Gasteiger partial charge < -0.3 is 5.32 Å². The van der Waals surface area contributed by atoms with Gasteiger partial charge in [-0.05, 0) is 33.0 Å². The fraction of sp³-hybridized carbons (Fsp3) is 0.308. The molecule has 0 aliphatic heterocycles. The highest BCUT2D eigenvalue weighted by Gasteiger charge is 2.23. The molecule has 0 saturated carbocycles. The lowest BCUT2D eigenvalue weighted by molar-refractivity contribution is 0.595. The molecule has 0 aliphatic rings. The molecule has 7 heteroatoms. The zero-order chi connectivity index (χ0) is 14.8. The number of hydrogen-bond acceptors (Lipinski definition) is 4. The average Bonchev–Trinajstić information content (AvgIpc) is 2.75. The van der Waals surface area contributed by atoms with Crippen LogP contribution in [0.1, 0.15) is 16.8 Å². The second-order valence-corrected chi connectivity index (χ2v) is 6.23. The van der Waals surface area contributed by atoms with Crippen molar-refractivity contribution in [3.8, 4) is 0 Å². The van der Waals surface area contributed by atoms with Crippen LogP contribution in [0.25, 0.3) is 0 Å². The normalized spacial score (nSPS) is 11.6. The summed E-state index contributed by atoms with van der Waals surface area (Å²) >= 11 is 0. The van der Waals surface area contributed by atoms with E-state index in [0.29, 0.717) is 17.8 Å². The first kappa shape index (κ1) is 14.5. The van der Waals surface area contributed by atoms with E-state index in [1.807, 2.05) is 19.1 Å². The molecule has 108 valence electrons. The Morgan fingerprint density at radius 3 is 2.45 bits per heavy atom. The number of sulfonamides is 1. The summed E-state index contributed by atoms with van der Waals surface area (Å²) < 4.78 is 27.3. The number of rotatable bonds is 5. The van der Waals surface area contributed by atoms with Crippen molar-refractivity contribution in [3.63, 3.8) is 0 Å².